The minimum atomic E-state index is -0.0953. The number of benzene rings is 2. The Hall–Kier alpha value is -2.04. The van der Waals surface area contributed by atoms with Gasteiger partial charge in [0.05, 0.1) is 16.6 Å². The Balaban J connectivity index is 2.30. The molecule has 3 aromatic rings. The first-order valence-electron chi connectivity index (χ1n) is 7.13. The zero-order valence-electron chi connectivity index (χ0n) is 12.6. The lowest BCUT2D eigenvalue weighted by atomic mass is 10.2. The molecule has 2 aromatic carbocycles. The Morgan fingerprint density at radius 2 is 2.00 bits per heavy atom. The molecule has 1 aromatic heterocycles. The Morgan fingerprint density at radius 1 is 1.26 bits per heavy atom. The summed E-state index contributed by atoms with van der Waals surface area (Å²) in [6, 6.07) is 13.0. The van der Waals surface area contributed by atoms with Gasteiger partial charge < -0.3 is 0 Å². The van der Waals surface area contributed by atoms with E-state index in [0.29, 0.717) is 26.8 Å². The molecule has 23 heavy (non-hydrogen) atoms. The largest absolute Gasteiger partial charge is 0.268 e. The molecule has 3 nitrogen and oxygen atoms in total. The molecule has 0 saturated carbocycles. The molecular weight excluding hydrogens is 328 g/mol. The number of fused-ring (bicyclic) bond motifs is 1. The van der Waals surface area contributed by atoms with Crippen LogP contribution in [0.15, 0.2) is 65.1 Å². The summed E-state index contributed by atoms with van der Waals surface area (Å²) in [4.78, 5) is 17.6. The molecule has 0 unspecified atom stereocenters. The van der Waals surface area contributed by atoms with E-state index >= 15 is 0 Å². The lowest BCUT2D eigenvalue weighted by Gasteiger charge is -2.13. The van der Waals surface area contributed by atoms with Gasteiger partial charge in [0.25, 0.3) is 5.56 Å². The zero-order chi connectivity index (χ0) is 16.4. The molecule has 0 fully saturated rings. The third-order valence-electron chi connectivity index (χ3n) is 3.42. The molecule has 0 aliphatic heterocycles. The number of rotatable bonds is 4. The summed E-state index contributed by atoms with van der Waals surface area (Å²) in [5.74, 6) is 0.671. The molecule has 1 heterocycles. The van der Waals surface area contributed by atoms with Crippen molar-refractivity contribution in [2.45, 2.75) is 12.1 Å². The van der Waals surface area contributed by atoms with E-state index in [4.69, 9.17) is 11.6 Å². The van der Waals surface area contributed by atoms with E-state index in [1.54, 1.807) is 28.8 Å². The number of nitrogens with zero attached hydrogens (tertiary/aromatic N) is 2. The second-order valence-corrected chi connectivity index (χ2v) is 6.56. The van der Waals surface area contributed by atoms with Crippen LogP contribution in [0.5, 0.6) is 0 Å². The summed E-state index contributed by atoms with van der Waals surface area (Å²) in [7, 11) is 0. The van der Waals surface area contributed by atoms with Gasteiger partial charge in [-0.25, -0.2) is 4.98 Å². The number of hydrogen-bond acceptors (Lipinski definition) is 3. The quantitative estimate of drug-likeness (QED) is 0.394. The monoisotopic (exact) mass is 342 g/mol. The van der Waals surface area contributed by atoms with Crippen LogP contribution in [-0.4, -0.2) is 15.3 Å². The molecule has 0 saturated heterocycles. The van der Waals surface area contributed by atoms with Crippen LogP contribution >= 0.6 is 23.4 Å². The van der Waals surface area contributed by atoms with Crippen molar-refractivity contribution < 1.29 is 0 Å². The fourth-order valence-electron chi connectivity index (χ4n) is 2.29. The van der Waals surface area contributed by atoms with Crippen LogP contribution in [0.1, 0.15) is 5.56 Å². The zero-order valence-corrected chi connectivity index (χ0v) is 14.2. The molecule has 3 rings (SSSR count). The first kappa shape index (κ1) is 15.8. The fourth-order valence-corrected chi connectivity index (χ4v) is 3.20. The maximum absolute atomic E-state index is 12.9. The van der Waals surface area contributed by atoms with Gasteiger partial charge in [-0.1, -0.05) is 47.1 Å². The van der Waals surface area contributed by atoms with Gasteiger partial charge in [-0.05, 0) is 37.3 Å². The molecule has 0 radical (unpaired) electrons. The maximum Gasteiger partial charge on any atom is 0.266 e. The number of halogens is 1. The highest BCUT2D eigenvalue weighted by atomic mass is 35.5. The fraction of sp³-hybridized carbons (Fsp3) is 0.111. The highest BCUT2D eigenvalue weighted by Crippen LogP contribution is 2.23. The summed E-state index contributed by atoms with van der Waals surface area (Å²) in [5.41, 5.74) is 2.46. The highest BCUT2D eigenvalue weighted by molar-refractivity contribution is 7.99. The van der Waals surface area contributed by atoms with Crippen molar-refractivity contribution in [3.63, 3.8) is 0 Å². The first-order valence-corrected chi connectivity index (χ1v) is 8.49. The smallest absolute Gasteiger partial charge is 0.266 e. The van der Waals surface area contributed by atoms with E-state index in [-0.39, 0.29) is 5.56 Å². The van der Waals surface area contributed by atoms with E-state index in [9.17, 15) is 4.79 Å². The van der Waals surface area contributed by atoms with Crippen LogP contribution in [0, 0.1) is 6.92 Å². The second kappa shape index (κ2) is 6.60. The van der Waals surface area contributed by atoms with Gasteiger partial charge in [0, 0.05) is 10.8 Å². The highest BCUT2D eigenvalue weighted by Gasteiger charge is 2.13. The Morgan fingerprint density at radius 3 is 2.70 bits per heavy atom. The Kier molecular flexibility index (Phi) is 4.55. The van der Waals surface area contributed by atoms with Gasteiger partial charge in [0.15, 0.2) is 5.16 Å². The molecule has 0 amide bonds. The average Bonchev–Trinajstić information content (AvgIpc) is 2.54. The topological polar surface area (TPSA) is 34.9 Å². The van der Waals surface area contributed by atoms with Crippen molar-refractivity contribution in [2.24, 2.45) is 0 Å². The van der Waals surface area contributed by atoms with E-state index in [0.717, 1.165) is 11.3 Å². The number of hydrogen-bond donors (Lipinski definition) is 0. The number of aryl methyl sites for hydroxylation is 1. The minimum Gasteiger partial charge on any atom is -0.268 e. The van der Waals surface area contributed by atoms with Crippen LogP contribution in [-0.2, 0) is 0 Å². The van der Waals surface area contributed by atoms with Crippen molar-refractivity contribution in [1.82, 2.24) is 9.55 Å². The van der Waals surface area contributed by atoms with Gasteiger partial charge in [-0.15, -0.1) is 6.58 Å². The van der Waals surface area contributed by atoms with E-state index in [2.05, 4.69) is 11.6 Å². The second-order valence-electron chi connectivity index (χ2n) is 5.13. The molecule has 0 N–H and O–H groups in total. The molecule has 0 aliphatic carbocycles. The number of thioether (sulfide) groups is 1. The Bertz CT molecular complexity index is 932. The van der Waals surface area contributed by atoms with Gasteiger partial charge >= 0.3 is 0 Å². The average molecular weight is 343 g/mol. The lowest BCUT2D eigenvalue weighted by molar-refractivity contribution is 0.820. The SMILES string of the molecule is C=CCSc1nc2cc(Cl)ccc2c(=O)n1-c1ccc(C)cc1. The number of aromatic nitrogens is 2. The van der Waals surface area contributed by atoms with E-state index < -0.39 is 0 Å². The van der Waals surface area contributed by atoms with Crippen molar-refractivity contribution in [2.75, 3.05) is 5.75 Å². The van der Waals surface area contributed by atoms with Gasteiger partial charge in [0.2, 0.25) is 0 Å². The predicted molar refractivity (Wildman–Crippen MR) is 98.0 cm³/mol. The van der Waals surface area contributed by atoms with Crippen LogP contribution in [0.25, 0.3) is 16.6 Å². The summed E-state index contributed by atoms with van der Waals surface area (Å²) in [5, 5.41) is 1.75. The summed E-state index contributed by atoms with van der Waals surface area (Å²) >= 11 is 7.50. The van der Waals surface area contributed by atoms with Crippen LogP contribution in [0.3, 0.4) is 0 Å². The molecule has 5 heteroatoms. The summed E-state index contributed by atoms with van der Waals surface area (Å²) < 4.78 is 1.64. The van der Waals surface area contributed by atoms with Gasteiger partial charge in [-0.2, -0.15) is 0 Å². The standard InChI is InChI=1S/C18H15ClN2OS/c1-3-10-23-18-20-16-11-13(19)6-9-15(16)17(22)21(18)14-7-4-12(2)5-8-14/h3-9,11H,1,10H2,2H3. The van der Waals surface area contributed by atoms with Crippen molar-refractivity contribution in [3.8, 4) is 5.69 Å². The van der Waals surface area contributed by atoms with Gasteiger partial charge in [0.1, 0.15) is 0 Å². The van der Waals surface area contributed by atoms with Crippen molar-refractivity contribution in [1.29, 1.82) is 0 Å². The van der Waals surface area contributed by atoms with Crippen molar-refractivity contribution >= 4 is 34.3 Å². The third-order valence-corrected chi connectivity index (χ3v) is 4.59. The Labute approximate surface area is 143 Å². The molecule has 0 atom stereocenters. The van der Waals surface area contributed by atoms with E-state index in [1.807, 2.05) is 31.2 Å². The minimum absolute atomic E-state index is 0.0953. The molecule has 116 valence electrons. The van der Waals surface area contributed by atoms with Crippen molar-refractivity contribution in [3.05, 3.63) is 76.1 Å². The van der Waals surface area contributed by atoms with Crippen LogP contribution in [0.2, 0.25) is 5.02 Å². The lowest BCUT2D eigenvalue weighted by Crippen LogP contribution is -2.21. The summed E-state index contributed by atoms with van der Waals surface area (Å²) in [6.45, 7) is 5.75. The molecule has 0 spiro atoms. The first-order chi connectivity index (χ1) is 11.1. The van der Waals surface area contributed by atoms with E-state index in [1.165, 1.54) is 11.8 Å². The third kappa shape index (κ3) is 3.19. The van der Waals surface area contributed by atoms with Crippen LogP contribution < -0.4 is 5.56 Å². The molecule has 0 bridgehead atoms. The van der Waals surface area contributed by atoms with Crippen LogP contribution in [0.4, 0.5) is 0 Å². The normalized spacial score (nSPS) is 10.9. The maximum atomic E-state index is 12.9. The molecular formula is C18H15ClN2OS. The van der Waals surface area contributed by atoms with Gasteiger partial charge in [-0.3, -0.25) is 9.36 Å². The molecule has 0 aliphatic rings. The predicted octanol–water partition coefficient (Wildman–Crippen LogP) is 4.63. The summed E-state index contributed by atoms with van der Waals surface area (Å²) in [6.07, 6.45) is 1.79.